The third-order valence-electron chi connectivity index (χ3n) is 6.16. The van der Waals surface area contributed by atoms with Crippen molar-refractivity contribution in [1.82, 2.24) is 19.3 Å². The van der Waals surface area contributed by atoms with Gasteiger partial charge in [-0.05, 0) is 36.2 Å². The summed E-state index contributed by atoms with van der Waals surface area (Å²) in [6.07, 6.45) is 3.80. The number of hydrogen-bond acceptors (Lipinski definition) is 5. The quantitative estimate of drug-likeness (QED) is 0.498. The highest BCUT2D eigenvalue weighted by atomic mass is 19.1. The van der Waals surface area contributed by atoms with E-state index < -0.39 is 17.7 Å². The number of halogens is 2. The molecule has 1 atom stereocenters. The number of hydrogen-bond donors (Lipinski definition) is 0. The molecule has 0 unspecified atom stereocenters. The second-order valence-corrected chi connectivity index (χ2v) is 8.09. The van der Waals surface area contributed by atoms with Crippen molar-refractivity contribution in [2.75, 3.05) is 0 Å². The van der Waals surface area contributed by atoms with Crippen molar-refractivity contribution >= 4 is 11.1 Å². The summed E-state index contributed by atoms with van der Waals surface area (Å²) in [4.78, 5) is 17.3. The molecule has 2 aromatic heterocycles. The molecule has 0 amide bonds. The molecule has 158 valence electrons. The number of fused-ring (bicyclic) bond motifs is 2. The van der Waals surface area contributed by atoms with Gasteiger partial charge < -0.3 is 9.15 Å². The summed E-state index contributed by atoms with van der Waals surface area (Å²) in [5.74, 6) is 0.00833. The predicted molar refractivity (Wildman–Crippen MR) is 106 cm³/mol. The van der Waals surface area contributed by atoms with E-state index in [1.807, 2.05) is 18.2 Å². The molecule has 1 saturated carbocycles. The fraction of sp³-hybridized carbons (Fsp3) is 0.318. The highest BCUT2D eigenvalue weighted by Gasteiger charge is 2.38. The van der Waals surface area contributed by atoms with Gasteiger partial charge in [0.25, 0.3) is 0 Å². The molecule has 1 fully saturated rings. The third kappa shape index (κ3) is 2.95. The van der Waals surface area contributed by atoms with Gasteiger partial charge in [0.2, 0.25) is 0 Å². The summed E-state index contributed by atoms with van der Waals surface area (Å²) >= 11 is 0. The topological polar surface area (TPSA) is 75.1 Å². The monoisotopic (exact) mass is 424 g/mol. The van der Waals surface area contributed by atoms with E-state index in [0.717, 1.165) is 6.07 Å². The van der Waals surface area contributed by atoms with Crippen LogP contribution in [-0.2, 0) is 6.42 Å². The lowest BCUT2D eigenvalue weighted by molar-refractivity contribution is 0.0634. The van der Waals surface area contributed by atoms with Crippen LogP contribution >= 0.6 is 0 Å². The zero-order valence-corrected chi connectivity index (χ0v) is 16.4. The average molecular weight is 424 g/mol. The molecule has 0 bridgehead atoms. The van der Waals surface area contributed by atoms with E-state index in [1.54, 1.807) is 4.57 Å². The van der Waals surface area contributed by atoms with Gasteiger partial charge in [-0.1, -0.05) is 6.07 Å². The van der Waals surface area contributed by atoms with Crippen LogP contribution in [0.3, 0.4) is 0 Å². The van der Waals surface area contributed by atoms with Crippen molar-refractivity contribution < 1.29 is 17.9 Å². The van der Waals surface area contributed by atoms with Gasteiger partial charge >= 0.3 is 5.69 Å². The van der Waals surface area contributed by atoms with Crippen LogP contribution in [0, 0.1) is 11.6 Å². The molecular formula is C22H18F2N4O3. The maximum absolute atomic E-state index is 13.7. The minimum Gasteiger partial charge on any atom is -0.488 e. The smallest absolute Gasteiger partial charge is 0.346 e. The average Bonchev–Trinajstić information content (AvgIpc) is 3.40. The lowest BCUT2D eigenvalue weighted by Crippen LogP contribution is -2.41. The molecule has 3 heterocycles. The largest absolute Gasteiger partial charge is 0.488 e. The Morgan fingerprint density at radius 3 is 2.74 bits per heavy atom. The number of nitrogens with zero attached hydrogens (tertiary/aromatic N) is 4. The lowest BCUT2D eigenvalue weighted by atomic mass is 9.89. The molecule has 7 nitrogen and oxygen atoms in total. The number of aromatic nitrogens is 4. The molecule has 6 rings (SSSR count). The molecule has 0 N–H and O–H groups in total. The Hall–Kier alpha value is -3.49. The number of aryl methyl sites for hydroxylation is 1. The van der Waals surface area contributed by atoms with Gasteiger partial charge in [-0.25, -0.2) is 23.2 Å². The zero-order chi connectivity index (χ0) is 21.1. The first-order valence-corrected chi connectivity index (χ1v) is 10.2. The van der Waals surface area contributed by atoms with Gasteiger partial charge in [-0.15, -0.1) is 0 Å². The Balaban J connectivity index is 1.21. The predicted octanol–water partition coefficient (Wildman–Crippen LogP) is 3.78. The third-order valence-corrected chi connectivity index (χ3v) is 6.16. The van der Waals surface area contributed by atoms with Gasteiger partial charge in [0, 0.05) is 25.3 Å². The SMILES string of the molecule is O=c1n(C2CC(Oc3cccc4ocnc34)C2)nc2n1[C@H](c1cc(F)cc(F)c1)CC2. The van der Waals surface area contributed by atoms with Gasteiger partial charge in [0.15, 0.2) is 17.5 Å². The van der Waals surface area contributed by atoms with E-state index in [4.69, 9.17) is 9.15 Å². The zero-order valence-electron chi connectivity index (χ0n) is 16.4. The summed E-state index contributed by atoms with van der Waals surface area (Å²) in [7, 11) is 0. The van der Waals surface area contributed by atoms with E-state index in [1.165, 1.54) is 23.2 Å². The maximum atomic E-state index is 13.7. The minimum absolute atomic E-state index is 0.0520. The van der Waals surface area contributed by atoms with Gasteiger partial charge in [0.1, 0.15) is 29.3 Å². The number of rotatable bonds is 4. The van der Waals surface area contributed by atoms with Crippen molar-refractivity contribution in [3.05, 3.63) is 76.3 Å². The van der Waals surface area contributed by atoms with Gasteiger partial charge in [-0.3, -0.25) is 4.57 Å². The lowest BCUT2D eigenvalue weighted by Gasteiger charge is -2.34. The first-order valence-electron chi connectivity index (χ1n) is 10.2. The maximum Gasteiger partial charge on any atom is 0.346 e. The minimum atomic E-state index is -0.648. The molecule has 1 aliphatic carbocycles. The summed E-state index contributed by atoms with van der Waals surface area (Å²) in [5, 5.41) is 4.51. The first kappa shape index (κ1) is 18.3. The normalized spacial score (nSPS) is 22.5. The number of para-hydroxylation sites is 1. The molecule has 0 saturated heterocycles. The molecule has 9 heteroatoms. The number of oxazole rings is 1. The molecule has 31 heavy (non-hydrogen) atoms. The van der Waals surface area contributed by atoms with E-state index in [-0.39, 0.29) is 17.8 Å². The summed E-state index contributed by atoms with van der Waals surface area (Å²) < 4.78 is 41.8. The van der Waals surface area contributed by atoms with Crippen LogP contribution in [0.4, 0.5) is 8.78 Å². The number of ether oxygens (including phenoxy) is 1. The second kappa shape index (κ2) is 6.76. The molecule has 2 aliphatic rings. The molecule has 0 spiro atoms. The van der Waals surface area contributed by atoms with Crippen LogP contribution in [0.15, 0.2) is 52.0 Å². The fourth-order valence-electron chi connectivity index (χ4n) is 4.60. The first-order chi connectivity index (χ1) is 15.1. The summed E-state index contributed by atoms with van der Waals surface area (Å²) in [6.45, 7) is 0. The van der Waals surface area contributed by atoms with Crippen LogP contribution in [0.1, 0.15) is 42.7 Å². The highest BCUT2D eigenvalue weighted by molar-refractivity contribution is 5.79. The van der Waals surface area contributed by atoms with Gasteiger partial charge in [0.05, 0.1) is 12.1 Å². The van der Waals surface area contributed by atoms with Crippen molar-refractivity contribution in [3.63, 3.8) is 0 Å². The van der Waals surface area contributed by atoms with E-state index in [2.05, 4.69) is 10.1 Å². The van der Waals surface area contributed by atoms with Crippen LogP contribution in [-0.4, -0.2) is 25.4 Å². The molecule has 4 aromatic rings. The van der Waals surface area contributed by atoms with E-state index in [9.17, 15) is 13.6 Å². The van der Waals surface area contributed by atoms with Crippen molar-refractivity contribution in [2.24, 2.45) is 0 Å². The summed E-state index contributed by atoms with van der Waals surface area (Å²) in [6, 6.07) is 8.44. The second-order valence-electron chi connectivity index (χ2n) is 8.09. The van der Waals surface area contributed by atoms with Crippen molar-refractivity contribution in [1.29, 1.82) is 0 Å². The Bertz CT molecular complexity index is 1330. The van der Waals surface area contributed by atoms with Crippen LogP contribution in [0.25, 0.3) is 11.1 Å². The standard InChI is InChI=1S/C22H18F2N4O3/c23-13-6-12(7-14(24)8-13)17-4-5-20-26-28(22(29)27(17)20)15-9-16(10-15)31-19-3-1-2-18-21(19)25-11-30-18/h1-3,6-8,11,15-17H,4-5,9-10H2/t15?,16?,17-/m0/s1. The van der Waals surface area contributed by atoms with Crippen LogP contribution in [0.2, 0.25) is 0 Å². The molecule has 2 aromatic carbocycles. The molecule has 0 radical (unpaired) electrons. The summed E-state index contributed by atoms with van der Waals surface area (Å²) in [5.41, 5.74) is 1.54. The number of benzene rings is 2. The van der Waals surface area contributed by atoms with Crippen molar-refractivity contribution in [3.8, 4) is 5.75 Å². The van der Waals surface area contributed by atoms with E-state index in [0.29, 0.717) is 53.9 Å². The van der Waals surface area contributed by atoms with Gasteiger partial charge in [-0.2, -0.15) is 5.10 Å². The molecule has 1 aliphatic heterocycles. The molecular weight excluding hydrogens is 406 g/mol. The fourth-order valence-corrected chi connectivity index (χ4v) is 4.60. The van der Waals surface area contributed by atoms with E-state index >= 15 is 0 Å². The highest BCUT2D eigenvalue weighted by Crippen LogP contribution is 2.37. The Labute approximate surface area is 174 Å². The van der Waals surface area contributed by atoms with Crippen LogP contribution in [0.5, 0.6) is 5.75 Å². The van der Waals surface area contributed by atoms with Crippen LogP contribution < -0.4 is 10.4 Å². The Kier molecular flexibility index (Phi) is 3.99. The Morgan fingerprint density at radius 2 is 1.94 bits per heavy atom. The Morgan fingerprint density at radius 1 is 1.13 bits per heavy atom. The van der Waals surface area contributed by atoms with Crippen molar-refractivity contribution in [2.45, 2.75) is 43.9 Å².